The van der Waals surface area contributed by atoms with Crippen LogP contribution >= 0.6 is 23.1 Å². The van der Waals surface area contributed by atoms with Crippen LogP contribution in [-0.2, 0) is 23.4 Å². The predicted octanol–water partition coefficient (Wildman–Crippen LogP) is 3.53. The Hall–Kier alpha value is -1.40. The zero-order valence-electron chi connectivity index (χ0n) is 13.2. The lowest BCUT2D eigenvalue weighted by molar-refractivity contribution is -0.119. The lowest BCUT2D eigenvalue weighted by Gasteiger charge is -2.11. The molecule has 1 unspecified atom stereocenters. The molecule has 1 atom stereocenters. The molecule has 23 heavy (non-hydrogen) atoms. The number of fused-ring (bicyclic) bond motifs is 1. The molecule has 2 aromatic heterocycles. The van der Waals surface area contributed by atoms with Crippen LogP contribution in [0.3, 0.4) is 0 Å². The van der Waals surface area contributed by atoms with E-state index in [9.17, 15) is 4.79 Å². The van der Waals surface area contributed by atoms with Crippen molar-refractivity contribution in [2.75, 3.05) is 5.75 Å². The van der Waals surface area contributed by atoms with Gasteiger partial charge >= 0.3 is 0 Å². The number of nitrogens with one attached hydrogen (secondary N) is 1. The number of amides is 1. The van der Waals surface area contributed by atoms with E-state index in [2.05, 4.69) is 10.3 Å². The summed E-state index contributed by atoms with van der Waals surface area (Å²) in [5.41, 5.74) is 2.45. The number of pyridine rings is 1. The van der Waals surface area contributed by atoms with Gasteiger partial charge in [-0.2, -0.15) is 0 Å². The van der Waals surface area contributed by atoms with Crippen molar-refractivity contribution in [2.24, 2.45) is 0 Å². The van der Waals surface area contributed by atoms with E-state index >= 15 is 0 Å². The molecule has 1 aliphatic carbocycles. The van der Waals surface area contributed by atoms with Crippen LogP contribution in [0.5, 0.6) is 0 Å². The van der Waals surface area contributed by atoms with Crippen LogP contribution in [0.15, 0.2) is 24.5 Å². The van der Waals surface area contributed by atoms with Gasteiger partial charge in [0.15, 0.2) is 0 Å². The Labute approximate surface area is 145 Å². The molecule has 0 spiro atoms. The van der Waals surface area contributed by atoms with Gasteiger partial charge in [-0.05, 0) is 50.3 Å². The van der Waals surface area contributed by atoms with E-state index in [-0.39, 0.29) is 11.9 Å². The quantitative estimate of drug-likeness (QED) is 0.868. The van der Waals surface area contributed by atoms with Crippen LogP contribution in [0, 0.1) is 0 Å². The molecule has 0 aromatic carbocycles. The smallest absolute Gasteiger partial charge is 0.230 e. The maximum atomic E-state index is 12.1. The highest BCUT2D eigenvalue weighted by Crippen LogP contribution is 2.29. The summed E-state index contributed by atoms with van der Waals surface area (Å²) in [7, 11) is 0. The minimum atomic E-state index is -0.000347. The second-order valence-electron chi connectivity index (χ2n) is 5.77. The van der Waals surface area contributed by atoms with E-state index in [1.54, 1.807) is 35.5 Å². The number of thiazole rings is 1. The Morgan fingerprint density at radius 1 is 1.35 bits per heavy atom. The van der Waals surface area contributed by atoms with E-state index in [1.807, 2.05) is 19.1 Å². The fraction of sp³-hybridized carbons (Fsp3) is 0.471. The maximum Gasteiger partial charge on any atom is 0.230 e. The lowest BCUT2D eigenvalue weighted by atomic mass is 10.0. The highest BCUT2D eigenvalue weighted by atomic mass is 32.2. The third-order valence-corrected chi connectivity index (χ3v) is 6.21. The summed E-state index contributed by atoms with van der Waals surface area (Å²) in [4.78, 5) is 22.2. The van der Waals surface area contributed by atoms with Gasteiger partial charge in [-0.15, -0.1) is 23.1 Å². The number of nitrogens with zero attached hydrogens (tertiary/aromatic N) is 2. The third kappa shape index (κ3) is 4.54. The van der Waals surface area contributed by atoms with Crippen LogP contribution < -0.4 is 5.32 Å². The van der Waals surface area contributed by atoms with Crippen molar-refractivity contribution >= 4 is 29.0 Å². The zero-order chi connectivity index (χ0) is 16.1. The minimum absolute atomic E-state index is 0.000347. The van der Waals surface area contributed by atoms with Crippen LogP contribution in [0.4, 0.5) is 0 Å². The topological polar surface area (TPSA) is 54.9 Å². The molecular formula is C17H21N3OS2. The van der Waals surface area contributed by atoms with E-state index in [4.69, 9.17) is 4.98 Å². The Morgan fingerprint density at radius 3 is 2.91 bits per heavy atom. The van der Waals surface area contributed by atoms with Gasteiger partial charge in [0.2, 0.25) is 5.91 Å². The van der Waals surface area contributed by atoms with Gasteiger partial charge in [-0.1, -0.05) is 0 Å². The molecule has 0 saturated heterocycles. The molecule has 0 fully saturated rings. The summed E-state index contributed by atoms with van der Waals surface area (Å²) in [6.45, 7) is 2.02. The lowest BCUT2D eigenvalue weighted by Crippen LogP contribution is -2.28. The fourth-order valence-corrected chi connectivity index (χ4v) is 4.60. The monoisotopic (exact) mass is 347 g/mol. The summed E-state index contributed by atoms with van der Waals surface area (Å²) in [6, 6.07) is 3.96. The van der Waals surface area contributed by atoms with Gasteiger partial charge in [0.25, 0.3) is 0 Å². The van der Waals surface area contributed by atoms with Crippen LogP contribution in [0.25, 0.3) is 0 Å². The molecule has 3 rings (SSSR count). The second-order valence-corrected chi connectivity index (χ2v) is 7.87. The Kier molecular flexibility index (Phi) is 5.67. The van der Waals surface area contributed by atoms with Crippen molar-refractivity contribution in [3.63, 3.8) is 0 Å². The number of carbonyl (C=O) groups is 1. The molecule has 1 amide bonds. The number of aryl methyl sites for hydroxylation is 2. The van der Waals surface area contributed by atoms with E-state index in [0.29, 0.717) is 5.75 Å². The van der Waals surface area contributed by atoms with Gasteiger partial charge in [0, 0.05) is 23.0 Å². The maximum absolute atomic E-state index is 12.1. The van der Waals surface area contributed by atoms with E-state index < -0.39 is 0 Å². The molecule has 1 N–H and O–H groups in total. The highest BCUT2D eigenvalue weighted by molar-refractivity contribution is 7.99. The van der Waals surface area contributed by atoms with Crippen LogP contribution in [0.1, 0.15) is 46.9 Å². The van der Waals surface area contributed by atoms with Crippen molar-refractivity contribution in [3.8, 4) is 0 Å². The minimum Gasteiger partial charge on any atom is -0.346 e. The summed E-state index contributed by atoms with van der Waals surface area (Å²) in [5, 5.41) is 4.11. The van der Waals surface area contributed by atoms with E-state index in [1.165, 1.54) is 29.0 Å². The molecule has 0 bridgehead atoms. The summed E-state index contributed by atoms with van der Waals surface area (Å²) in [6.07, 6.45) is 8.30. The number of carbonyl (C=O) groups excluding carboxylic acids is 1. The fourth-order valence-electron chi connectivity index (χ4n) is 2.64. The van der Waals surface area contributed by atoms with Crippen molar-refractivity contribution in [1.82, 2.24) is 15.3 Å². The normalized spacial score (nSPS) is 15.0. The van der Waals surface area contributed by atoms with Crippen molar-refractivity contribution < 1.29 is 4.79 Å². The molecule has 0 saturated carbocycles. The molecule has 1 aliphatic rings. The SMILES string of the molecule is CC(NC(=O)CSCc1ccncc1)c1nc2c(s1)CCCC2. The summed E-state index contributed by atoms with van der Waals surface area (Å²) >= 11 is 3.39. The van der Waals surface area contributed by atoms with Crippen LogP contribution in [-0.4, -0.2) is 21.6 Å². The summed E-state index contributed by atoms with van der Waals surface area (Å²) in [5.74, 6) is 1.37. The number of hydrogen-bond acceptors (Lipinski definition) is 5. The van der Waals surface area contributed by atoms with Crippen LogP contribution in [0.2, 0.25) is 0 Å². The molecular weight excluding hydrogens is 326 g/mol. The standard InChI is InChI=1S/C17H21N3OS2/c1-12(17-20-14-4-2-3-5-15(14)23-17)19-16(21)11-22-10-13-6-8-18-9-7-13/h6-9,12H,2-5,10-11H2,1H3,(H,19,21). The molecule has 0 radical (unpaired) electrons. The molecule has 122 valence electrons. The Bertz CT molecular complexity index is 634. The first kappa shape index (κ1) is 16.5. The number of rotatable bonds is 6. The molecule has 2 aromatic rings. The van der Waals surface area contributed by atoms with Crippen molar-refractivity contribution in [1.29, 1.82) is 0 Å². The second kappa shape index (κ2) is 7.93. The predicted molar refractivity (Wildman–Crippen MR) is 95.7 cm³/mol. The molecule has 6 heteroatoms. The first-order valence-corrected chi connectivity index (χ1v) is 9.94. The summed E-state index contributed by atoms with van der Waals surface area (Å²) < 4.78 is 0. The molecule has 4 nitrogen and oxygen atoms in total. The Balaban J connectivity index is 1.46. The number of aromatic nitrogens is 2. The van der Waals surface area contributed by atoms with Gasteiger partial charge in [0.05, 0.1) is 17.5 Å². The first-order valence-electron chi connectivity index (χ1n) is 7.97. The largest absolute Gasteiger partial charge is 0.346 e. The Morgan fingerprint density at radius 2 is 2.13 bits per heavy atom. The first-order chi connectivity index (χ1) is 11.2. The number of thioether (sulfide) groups is 1. The van der Waals surface area contributed by atoms with Gasteiger partial charge in [-0.25, -0.2) is 4.98 Å². The molecule has 2 heterocycles. The average molecular weight is 348 g/mol. The van der Waals surface area contributed by atoms with E-state index in [0.717, 1.165) is 23.6 Å². The zero-order valence-corrected chi connectivity index (χ0v) is 14.9. The van der Waals surface area contributed by atoms with Crippen molar-refractivity contribution in [2.45, 2.75) is 44.4 Å². The van der Waals surface area contributed by atoms with Gasteiger partial charge in [-0.3, -0.25) is 9.78 Å². The van der Waals surface area contributed by atoms with Gasteiger partial charge in [0.1, 0.15) is 5.01 Å². The van der Waals surface area contributed by atoms with Gasteiger partial charge < -0.3 is 5.32 Å². The third-order valence-electron chi connectivity index (χ3n) is 3.86. The average Bonchev–Trinajstić information content (AvgIpc) is 3.00. The highest BCUT2D eigenvalue weighted by Gasteiger charge is 2.19. The molecule has 0 aliphatic heterocycles. The van der Waals surface area contributed by atoms with Crippen molar-refractivity contribution in [3.05, 3.63) is 45.7 Å². The number of hydrogen-bond donors (Lipinski definition) is 1.